The number of hydrogen-bond donors (Lipinski definition) is 1. The van der Waals surface area contributed by atoms with Gasteiger partial charge in [0.1, 0.15) is 5.75 Å². The molecule has 3 heteroatoms. The van der Waals surface area contributed by atoms with E-state index in [1.807, 2.05) is 25.3 Å². The molecule has 0 fully saturated rings. The van der Waals surface area contributed by atoms with E-state index in [2.05, 4.69) is 56.6 Å². The van der Waals surface area contributed by atoms with Gasteiger partial charge in [0.2, 0.25) is 0 Å². The smallest absolute Gasteiger partial charge is 0.127 e. The van der Waals surface area contributed by atoms with E-state index < -0.39 is 0 Å². The molecule has 2 aromatic rings. The fourth-order valence-corrected chi connectivity index (χ4v) is 2.78. The third kappa shape index (κ3) is 4.15. The van der Waals surface area contributed by atoms with E-state index in [-0.39, 0.29) is 5.41 Å². The molecular formula is C21H30N2O. The Kier molecular flexibility index (Phi) is 5.66. The molecule has 24 heavy (non-hydrogen) atoms. The van der Waals surface area contributed by atoms with Gasteiger partial charge in [0, 0.05) is 35.1 Å². The van der Waals surface area contributed by atoms with Gasteiger partial charge >= 0.3 is 0 Å². The summed E-state index contributed by atoms with van der Waals surface area (Å²) in [5.41, 5.74) is 5.06. The Labute approximate surface area is 146 Å². The standard InChI is InChI=1S/C21H30N2O/c1-7-23(8-2)14-17-11-18(21(4,5)6)12-19(20(17)24)16-10-9-15(3)22-13-16/h9-13,24H,7-8,14H2,1-6H3. The van der Waals surface area contributed by atoms with Gasteiger partial charge in [-0.05, 0) is 43.1 Å². The van der Waals surface area contributed by atoms with Gasteiger partial charge in [-0.15, -0.1) is 0 Å². The zero-order valence-corrected chi connectivity index (χ0v) is 15.8. The minimum atomic E-state index is 0.0264. The number of aromatic nitrogens is 1. The zero-order chi connectivity index (χ0) is 17.9. The summed E-state index contributed by atoms with van der Waals surface area (Å²) in [7, 11) is 0. The highest BCUT2D eigenvalue weighted by Gasteiger charge is 2.20. The van der Waals surface area contributed by atoms with Crippen LogP contribution in [0.25, 0.3) is 11.1 Å². The quantitative estimate of drug-likeness (QED) is 0.849. The molecule has 0 aliphatic rings. The summed E-state index contributed by atoms with van der Waals surface area (Å²) in [4.78, 5) is 6.71. The van der Waals surface area contributed by atoms with Gasteiger partial charge in [-0.3, -0.25) is 9.88 Å². The van der Waals surface area contributed by atoms with Crippen molar-refractivity contribution in [1.82, 2.24) is 9.88 Å². The third-order valence-electron chi connectivity index (χ3n) is 4.57. The fraction of sp³-hybridized carbons (Fsp3) is 0.476. The number of aryl methyl sites for hydroxylation is 1. The maximum Gasteiger partial charge on any atom is 0.127 e. The maximum atomic E-state index is 10.9. The van der Waals surface area contributed by atoms with E-state index in [9.17, 15) is 5.11 Å². The van der Waals surface area contributed by atoms with Crippen LogP contribution in [-0.4, -0.2) is 28.1 Å². The summed E-state index contributed by atoms with van der Waals surface area (Å²) in [6, 6.07) is 8.28. The number of aromatic hydroxyl groups is 1. The Morgan fingerprint density at radius 2 is 1.75 bits per heavy atom. The minimum Gasteiger partial charge on any atom is -0.507 e. The first-order valence-electron chi connectivity index (χ1n) is 8.78. The SMILES string of the molecule is CCN(CC)Cc1cc(C(C)(C)C)cc(-c2ccc(C)nc2)c1O. The van der Waals surface area contributed by atoms with Crippen molar-refractivity contribution in [3.63, 3.8) is 0 Å². The summed E-state index contributed by atoms with van der Waals surface area (Å²) < 4.78 is 0. The Balaban J connectivity index is 2.58. The topological polar surface area (TPSA) is 36.4 Å². The average Bonchev–Trinajstić information content (AvgIpc) is 2.54. The van der Waals surface area contributed by atoms with Gasteiger partial charge < -0.3 is 5.11 Å². The molecule has 1 heterocycles. The number of benzene rings is 1. The molecule has 0 aliphatic heterocycles. The first-order valence-corrected chi connectivity index (χ1v) is 8.78. The van der Waals surface area contributed by atoms with Crippen molar-refractivity contribution in [1.29, 1.82) is 0 Å². The highest BCUT2D eigenvalue weighted by Crippen LogP contribution is 2.37. The highest BCUT2D eigenvalue weighted by atomic mass is 16.3. The van der Waals surface area contributed by atoms with Crippen LogP contribution < -0.4 is 0 Å². The maximum absolute atomic E-state index is 10.9. The molecule has 1 aromatic carbocycles. The van der Waals surface area contributed by atoms with E-state index in [0.717, 1.165) is 42.0 Å². The molecule has 3 nitrogen and oxygen atoms in total. The van der Waals surface area contributed by atoms with Gasteiger partial charge in [-0.25, -0.2) is 0 Å². The average molecular weight is 326 g/mol. The van der Waals surface area contributed by atoms with Crippen LogP contribution >= 0.6 is 0 Å². The molecule has 0 unspecified atom stereocenters. The van der Waals surface area contributed by atoms with Crippen molar-refractivity contribution < 1.29 is 5.11 Å². The molecule has 0 saturated heterocycles. The van der Waals surface area contributed by atoms with Crippen molar-refractivity contribution >= 4 is 0 Å². The van der Waals surface area contributed by atoms with E-state index in [1.165, 1.54) is 5.56 Å². The molecule has 1 aromatic heterocycles. The van der Waals surface area contributed by atoms with Gasteiger partial charge in [0.05, 0.1) is 0 Å². The number of hydrogen-bond acceptors (Lipinski definition) is 3. The second-order valence-electron chi connectivity index (χ2n) is 7.43. The van der Waals surface area contributed by atoms with E-state index in [1.54, 1.807) is 0 Å². The van der Waals surface area contributed by atoms with Crippen LogP contribution in [0.4, 0.5) is 0 Å². The summed E-state index contributed by atoms with van der Waals surface area (Å²) in [6.07, 6.45) is 1.85. The van der Waals surface area contributed by atoms with Crippen LogP contribution in [0.15, 0.2) is 30.5 Å². The van der Waals surface area contributed by atoms with Crippen molar-refractivity contribution in [3.05, 3.63) is 47.3 Å². The largest absolute Gasteiger partial charge is 0.507 e. The van der Waals surface area contributed by atoms with E-state index >= 15 is 0 Å². The molecule has 2 rings (SSSR count). The number of pyridine rings is 1. The molecule has 0 bridgehead atoms. The summed E-state index contributed by atoms with van der Waals surface area (Å²) in [5.74, 6) is 0.376. The molecule has 1 N–H and O–H groups in total. The van der Waals surface area contributed by atoms with Crippen molar-refractivity contribution in [2.45, 2.75) is 53.5 Å². The Morgan fingerprint density at radius 1 is 1.08 bits per heavy atom. The first-order chi connectivity index (χ1) is 11.3. The predicted molar refractivity (Wildman–Crippen MR) is 101 cm³/mol. The van der Waals surface area contributed by atoms with Gasteiger partial charge in [-0.1, -0.05) is 46.8 Å². The Hall–Kier alpha value is -1.87. The predicted octanol–water partition coefficient (Wildman–Crippen LogP) is 4.90. The normalized spacial score (nSPS) is 12.0. The van der Waals surface area contributed by atoms with Crippen LogP contribution in [0, 0.1) is 6.92 Å². The van der Waals surface area contributed by atoms with Crippen molar-refractivity contribution in [2.24, 2.45) is 0 Å². The lowest BCUT2D eigenvalue weighted by atomic mass is 9.83. The summed E-state index contributed by atoms with van der Waals surface area (Å²) in [6.45, 7) is 15.6. The summed E-state index contributed by atoms with van der Waals surface area (Å²) >= 11 is 0. The van der Waals surface area contributed by atoms with Crippen LogP contribution in [0.1, 0.15) is 51.4 Å². The van der Waals surface area contributed by atoms with Gasteiger partial charge in [-0.2, -0.15) is 0 Å². The number of phenolic OH excluding ortho intramolecular Hbond substituents is 1. The Bertz CT molecular complexity index is 680. The molecule has 0 aliphatic carbocycles. The zero-order valence-electron chi connectivity index (χ0n) is 15.8. The minimum absolute atomic E-state index is 0.0264. The highest BCUT2D eigenvalue weighted by molar-refractivity contribution is 5.72. The molecule has 0 atom stereocenters. The fourth-order valence-electron chi connectivity index (χ4n) is 2.78. The third-order valence-corrected chi connectivity index (χ3v) is 4.57. The van der Waals surface area contributed by atoms with Crippen LogP contribution in [0.2, 0.25) is 0 Å². The van der Waals surface area contributed by atoms with E-state index in [0.29, 0.717) is 5.75 Å². The monoisotopic (exact) mass is 326 g/mol. The van der Waals surface area contributed by atoms with Gasteiger partial charge in [0.25, 0.3) is 0 Å². The molecule has 0 spiro atoms. The second-order valence-corrected chi connectivity index (χ2v) is 7.43. The number of nitrogens with zero attached hydrogens (tertiary/aromatic N) is 2. The van der Waals surface area contributed by atoms with E-state index in [4.69, 9.17) is 0 Å². The lowest BCUT2D eigenvalue weighted by Crippen LogP contribution is -2.23. The molecule has 0 radical (unpaired) electrons. The van der Waals surface area contributed by atoms with Crippen LogP contribution in [0.3, 0.4) is 0 Å². The molecule has 0 amide bonds. The first kappa shape index (κ1) is 18.5. The van der Waals surface area contributed by atoms with Gasteiger partial charge in [0.15, 0.2) is 0 Å². The van der Waals surface area contributed by atoms with Crippen molar-refractivity contribution in [3.8, 4) is 16.9 Å². The summed E-state index contributed by atoms with van der Waals surface area (Å²) in [5, 5.41) is 10.9. The van der Waals surface area contributed by atoms with Crippen molar-refractivity contribution in [2.75, 3.05) is 13.1 Å². The second kappa shape index (κ2) is 7.35. The lowest BCUT2D eigenvalue weighted by Gasteiger charge is -2.25. The molecule has 130 valence electrons. The Morgan fingerprint density at radius 3 is 2.25 bits per heavy atom. The number of phenols is 1. The number of rotatable bonds is 5. The van der Waals surface area contributed by atoms with Crippen LogP contribution in [-0.2, 0) is 12.0 Å². The van der Waals surface area contributed by atoms with Crippen LogP contribution in [0.5, 0.6) is 5.75 Å². The molecule has 0 saturated carbocycles. The molecular weight excluding hydrogens is 296 g/mol. The lowest BCUT2D eigenvalue weighted by molar-refractivity contribution is 0.290.